The number of halogens is 1. The van der Waals surface area contributed by atoms with E-state index in [0.717, 1.165) is 5.69 Å². The van der Waals surface area contributed by atoms with Gasteiger partial charge in [0.2, 0.25) is 0 Å². The quantitative estimate of drug-likeness (QED) is 0.776. The van der Waals surface area contributed by atoms with Crippen LogP contribution >= 0.6 is 0 Å². The van der Waals surface area contributed by atoms with E-state index in [1.165, 1.54) is 12.1 Å². The molecule has 2 heterocycles. The second-order valence-corrected chi connectivity index (χ2v) is 5.98. The number of oxazole rings is 1. The lowest BCUT2D eigenvalue weighted by molar-refractivity contribution is 0.0746. The zero-order valence-corrected chi connectivity index (χ0v) is 13.4. The van der Waals surface area contributed by atoms with E-state index < -0.39 is 11.6 Å². The molecule has 0 spiro atoms. The third-order valence-corrected chi connectivity index (χ3v) is 4.41. The van der Waals surface area contributed by atoms with Crippen LogP contribution in [-0.2, 0) is 0 Å². The van der Waals surface area contributed by atoms with Crippen molar-refractivity contribution in [3.05, 3.63) is 64.4 Å². The molecule has 7 heteroatoms. The summed E-state index contributed by atoms with van der Waals surface area (Å²) in [6, 6.07) is 11.3. The van der Waals surface area contributed by atoms with E-state index >= 15 is 0 Å². The van der Waals surface area contributed by atoms with Crippen molar-refractivity contribution >= 4 is 22.7 Å². The van der Waals surface area contributed by atoms with Crippen molar-refractivity contribution in [1.82, 2.24) is 9.88 Å². The summed E-state index contributed by atoms with van der Waals surface area (Å²) < 4.78 is 18.3. The lowest BCUT2D eigenvalue weighted by Crippen LogP contribution is -2.48. The minimum absolute atomic E-state index is 0.159. The van der Waals surface area contributed by atoms with Gasteiger partial charge in [-0.25, -0.2) is 9.18 Å². The van der Waals surface area contributed by atoms with Crippen LogP contribution in [-0.4, -0.2) is 42.0 Å². The Bertz CT molecular complexity index is 986. The van der Waals surface area contributed by atoms with Crippen LogP contribution in [0.3, 0.4) is 0 Å². The number of rotatable bonds is 2. The second kappa shape index (κ2) is 6.08. The Balaban J connectivity index is 1.46. The van der Waals surface area contributed by atoms with Crippen LogP contribution in [0.5, 0.6) is 0 Å². The average Bonchev–Trinajstić information content (AvgIpc) is 3.00. The Kier molecular flexibility index (Phi) is 3.76. The highest BCUT2D eigenvalue weighted by Crippen LogP contribution is 2.22. The number of carbonyl (C=O) groups excluding carboxylic acids is 1. The Hall–Kier alpha value is -3.09. The molecule has 1 N–H and O–H groups in total. The van der Waals surface area contributed by atoms with Gasteiger partial charge in [-0.1, -0.05) is 6.07 Å². The van der Waals surface area contributed by atoms with Crippen molar-refractivity contribution in [2.24, 2.45) is 0 Å². The predicted octanol–water partition coefficient (Wildman–Crippen LogP) is 2.22. The van der Waals surface area contributed by atoms with Gasteiger partial charge in [0.1, 0.15) is 5.82 Å². The molecule has 2 aromatic carbocycles. The normalized spacial score (nSPS) is 14.9. The van der Waals surface area contributed by atoms with Gasteiger partial charge in [-0.3, -0.25) is 9.78 Å². The second-order valence-electron chi connectivity index (χ2n) is 5.98. The van der Waals surface area contributed by atoms with E-state index in [2.05, 4.69) is 9.88 Å². The summed E-state index contributed by atoms with van der Waals surface area (Å²) in [6.45, 7) is 2.42. The smallest absolute Gasteiger partial charge is 0.408 e. The predicted molar refractivity (Wildman–Crippen MR) is 91.4 cm³/mol. The number of nitrogens with one attached hydrogen (secondary N) is 1. The van der Waals surface area contributed by atoms with Gasteiger partial charge in [0.15, 0.2) is 5.58 Å². The van der Waals surface area contributed by atoms with Gasteiger partial charge in [0, 0.05) is 37.4 Å². The third kappa shape index (κ3) is 3.00. The number of benzene rings is 2. The van der Waals surface area contributed by atoms with Crippen LogP contribution in [0.4, 0.5) is 10.1 Å². The maximum Gasteiger partial charge on any atom is 0.417 e. The Morgan fingerprint density at radius 2 is 1.88 bits per heavy atom. The summed E-state index contributed by atoms with van der Waals surface area (Å²) in [5.74, 6) is -1.04. The number of aromatic nitrogens is 1. The van der Waals surface area contributed by atoms with E-state index in [-0.39, 0.29) is 5.91 Å². The molecule has 1 fully saturated rings. The highest BCUT2D eigenvalue weighted by atomic mass is 19.1. The highest BCUT2D eigenvalue weighted by Gasteiger charge is 2.22. The van der Waals surface area contributed by atoms with Crippen molar-refractivity contribution in [1.29, 1.82) is 0 Å². The average molecular weight is 341 g/mol. The van der Waals surface area contributed by atoms with E-state index in [4.69, 9.17) is 4.42 Å². The SMILES string of the molecule is O=C(c1cccc(F)c1)N1CCN(c2ccc3oc(=O)[nH]c3c2)CC1. The molecule has 0 aliphatic carbocycles. The van der Waals surface area contributed by atoms with Crippen molar-refractivity contribution in [2.45, 2.75) is 0 Å². The number of fused-ring (bicyclic) bond motifs is 1. The molecule has 0 bridgehead atoms. The number of piperazine rings is 1. The molecule has 25 heavy (non-hydrogen) atoms. The fourth-order valence-corrected chi connectivity index (χ4v) is 3.11. The van der Waals surface area contributed by atoms with Crippen molar-refractivity contribution in [3.8, 4) is 0 Å². The van der Waals surface area contributed by atoms with E-state index in [9.17, 15) is 14.0 Å². The number of amides is 1. The largest absolute Gasteiger partial charge is 0.417 e. The molecule has 1 saturated heterocycles. The Morgan fingerprint density at radius 1 is 1.08 bits per heavy atom. The number of nitrogens with zero attached hydrogens (tertiary/aromatic N) is 2. The van der Waals surface area contributed by atoms with Crippen molar-refractivity contribution in [2.75, 3.05) is 31.1 Å². The number of anilines is 1. The first-order valence-electron chi connectivity index (χ1n) is 8.03. The zero-order chi connectivity index (χ0) is 17.4. The van der Waals surface area contributed by atoms with Crippen LogP contribution in [0.15, 0.2) is 51.7 Å². The fourth-order valence-electron chi connectivity index (χ4n) is 3.11. The Labute approximate surface area is 142 Å². The molecule has 0 saturated carbocycles. The summed E-state index contributed by atoms with van der Waals surface area (Å²) in [5.41, 5.74) is 2.50. The number of aromatic amines is 1. The maximum atomic E-state index is 13.3. The first kappa shape index (κ1) is 15.4. The third-order valence-electron chi connectivity index (χ3n) is 4.41. The van der Waals surface area contributed by atoms with Gasteiger partial charge in [0.25, 0.3) is 5.91 Å². The minimum atomic E-state index is -0.474. The van der Waals surface area contributed by atoms with Gasteiger partial charge in [-0.15, -0.1) is 0 Å². The van der Waals surface area contributed by atoms with Crippen molar-refractivity contribution < 1.29 is 13.6 Å². The zero-order valence-electron chi connectivity index (χ0n) is 13.4. The van der Waals surface area contributed by atoms with Crippen LogP contribution in [0.25, 0.3) is 11.1 Å². The molecular formula is C18H16FN3O3. The lowest BCUT2D eigenvalue weighted by atomic mass is 10.1. The monoisotopic (exact) mass is 341 g/mol. The molecule has 1 aliphatic heterocycles. The Morgan fingerprint density at radius 3 is 2.64 bits per heavy atom. The summed E-state index contributed by atoms with van der Waals surface area (Å²) >= 11 is 0. The number of hydrogen-bond donors (Lipinski definition) is 1. The van der Waals surface area contributed by atoms with E-state index in [0.29, 0.717) is 42.8 Å². The molecule has 1 aliphatic rings. The minimum Gasteiger partial charge on any atom is -0.408 e. The van der Waals surface area contributed by atoms with Gasteiger partial charge in [-0.05, 0) is 36.4 Å². The van der Waals surface area contributed by atoms with Crippen LogP contribution < -0.4 is 10.7 Å². The summed E-state index contributed by atoms with van der Waals surface area (Å²) in [6.07, 6.45) is 0. The molecule has 0 unspecified atom stereocenters. The van der Waals surface area contributed by atoms with E-state index in [1.807, 2.05) is 12.1 Å². The van der Waals surface area contributed by atoms with Crippen LogP contribution in [0.2, 0.25) is 0 Å². The molecule has 0 atom stereocenters. The molecule has 4 rings (SSSR count). The molecular weight excluding hydrogens is 325 g/mol. The molecule has 6 nitrogen and oxygen atoms in total. The highest BCUT2D eigenvalue weighted by molar-refractivity contribution is 5.94. The van der Waals surface area contributed by atoms with Gasteiger partial charge < -0.3 is 14.2 Å². The molecule has 1 amide bonds. The number of hydrogen-bond acceptors (Lipinski definition) is 4. The first-order valence-corrected chi connectivity index (χ1v) is 8.03. The van der Waals surface area contributed by atoms with E-state index in [1.54, 1.807) is 23.1 Å². The molecule has 3 aromatic rings. The maximum absolute atomic E-state index is 13.3. The lowest BCUT2D eigenvalue weighted by Gasteiger charge is -2.36. The standard InChI is InChI=1S/C18H16FN3O3/c19-13-3-1-2-12(10-13)17(23)22-8-6-21(7-9-22)14-4-5-16-15(11-14)20-18(24)25-16/h1-5,10-11H,6-9H2,(H,20,24). The summed E-state index contributed by atoms with van der Waals surface area (Å²) in [7, 11) is 0. The molecule has 128 valence electrons. The topological polar surface area (TPSA) is 69.6 Å². The van der Waals surface area contributed by atoms with Gasteiger partial charge in [0.05, 0.1) is 5.52 Å². The van der Waals surface area contributed by atoms with Gasteiger partial charge in [-0.2, -0.15) is 0 Å². The van der Waals surface area contributed by atoms with Crippen LogP contribution in [0, 0.1) is 5.82 Å². The molecule has 0 radical (unpaired) electrons. The molecule has 1 aromatic heterocycles. The van der Waals surface area contributed by atoms with Gasteiger partial charge >= 0.3 is 5.76 Å². The fraction of sp³-hybridized carbons (Fsp3) is 0.222. The van der Waals surface area contributed by atoms with Crippen LogP contribution in [0.1, 0.15) is 10.4 Å². The first-order chi connectivity index (χ1) is 12.1. The van der Waals surface area contributed by atoms with Crippen molar-refractivity contribution in [3.63, 3.8) is 0 Å². The summed E-state index contributed by atoms with van der Waals surface area (Å²) in [4.78, 5) is 30.2. The summed E-state index contributed by atoms with van der Waals surface area (Å²) in [5, 5.41) is 0. The number of H-pyrrole nitrogens is 1. The number of carbonyl (C=O) groups is 1.